The van der Waals surface area contributed by atoms with E-state index in [1.807, 2.05) is 25.2 Å². The van der Waals surface area contributed by atoms with Gasteiger partial charge in [0.2, 0.25) is 0 Å². The first-order chi connectivity index (χ1) is 6.74. The Morgan fingerprint density at radius 2 is 2.07 bits per heavy atom. The van der Waals surface area contributed by atoms with Gasteiger partial charge in [0.1, 0.15) is 0 Å². The predicted molar refractivity (Wildman–Crippen MR) is 62.9 cm³/mol. The molecule has 0 aliphatic rings. The average Bonchev–Trinajstić information content (AvgIpc) is 2.20. The van der Waals surface area contributed by atoms with Crippen LogP contribution in [-0.4, -0.2) is 13.1 Å². The van der Waals surface area contributed by atoms with E-state index in [2.05, 4.69) is 18.3 Å². The highest BCUT2D eigenvalue weighted by Gasteiger charge is 2.01. The van der Waals surface area contributed by atoms with Crippen LogP contribution in [0.4, 0.5) is 0 Å². The van der Waals surface area contributed by atoms with E-state index in [1.54, 1.807) is 0 Å². The molecule has 0 aliphatic heterocycles. The van der Waals surface area contributed by atoms with Crippen LogP contribution in [0.1, 0.15) is 25.3 Å². The van der Waals surface area contributed by atoms with Gasteiger partial charge in [0.15, 0.2) is 0 Å². The van der Waals surface area contributed by atoms with E-state index in [0.717, 1.165) is 11.4 Å². The number of nitrogens with one attached hydrogen (secondary N) is 1. The summed E-state index contributed by atoms with van der Waals surface area (Å²) in [4.78, 5) is 0. The van der Waals surface area contributed by atoms with Gasteiger partial charge < -0.3 is 5.32 Å². The second kappa shape index (κ2) is 6.05. The lowest BCUT2D eigenvalue weighted by Gasteiger charge is -2.09. The SMILES string of the molecule is CNC(C)CCCc1ccccc1Cl. The Balaban J connectivity index is 2.35. The monoisotopic (exact) mass is 211 g/mol. The molecule has 0 aromatic heterocycles. The summed E-state index contributed by atoms with van der Waals surface area (Å²) in [6.07, 6.45) is 3.46. The standard InChI is InChI=1S/C12H18ClN/c1-10(14-2)6-5-8-11-7-3-4-9-12(11)13/h3-4,7,9-10,14H,5-6,8H2,1-2H3. The van der Waals surface area contributed by atoms with E-state index < -0.39 is 0 Å². The molecule has 0 amide bonds. The maximum Gasteiger partial charge on any atom is 0.0437 e. The molecule has 14 heavy (non-hydrogen) atoms. The van der Waals surface area contributed by atoms with Crippen molar-refractivity contribution in [2.24, 2.45) is 0 Å². The van der Waals surface area contributed by atoms with E-state index >= 15 is 0 Å². The van der Waals surface area contributed by atoms with Crippen LogP contribution in [0.2, 0.25) is 5.02 Å². The summed E-state index contributed by atoms with van der Waals surface area (Å²) < 4.78 is 0. The maximum atomic E-state index is 6.06. The lowest BCUT2D eigenvalue weighted by molar-refractivity contribution is 0.542. The van der Waals surface area contributed by atoms with Crippen molar-refractivity contribution in [2.75, 3.05) is 7.05 Å². The fourth-order valence-corrected chi connectivity index (χ4v) is 1.67. The van der Waals surface area contributed by atoms with Gasteiger partial charge in [0.25, 0.3) is 0 Å². The summed E-state index contributed by atoms with van der Waals surface area (Å²) in [5.41, 5.74) is 1.26. The third-order valence-electron chi connectivity index (χ3n) is 2.53. The molecule has 1 N–H and O–H groups in total. The Labute approximate surface area is 91.5 Å². The number of aryl methyl sites for hydroxylation is 1. The van der Waals surface area contributed by atoms with Crippen LogP contribution in [-0.2, 0) is 6.42 Å². The van der Waals surface area contributed by atoms with Crippen LogP contribution in [0, 0.1) is 0 Å². The van der Waals surface area contributed by atoms with Gasteiger partial charge >= 0.3 is 0 Å². The molecule has 0 radical (unpaired) electrons. The highest BCUT2D eigenvalue weighted by atomic mass is 35.5. The lowest BCUT2D eigenvalue weighted by Crippen LogP contribution is -2.20. The molecule has 0 spiro atoms. The van der Waals surface area contributed by atoms with Crippen molar-refractivity contribution < 1.29 is 0 Å². The topological polar surface area (TPSA) is 12.0 Å². The molecule has 0 fully saturated rings. The molecule has 0 heterocycles. The lowest BCUT2D eigenvalue weighted by atomic mass is 10.1. The van der Waals surface area contributed by atoms with Gasteiger partial charge in [0.05, 0.1) is 0 Å². The predicted octanol–water partition coefficient (Wildman–Crippen LogP) is 3.27. The van der Waals surface area contributed by atoms with Crippen LogP contribution in [0.15, 0.2) is 24.3 Å². The number of hydrogen-bond donors (Lipinski definition) is 1. The van der Waals surface area contributed by atoms with Gasteiger partial charge in [-0.1, -0.05) is 29.8 Å². The number of halogens is 1. The Hall–Kier alpha value is -0.530. The molecule has 0 aliphatic carbocycles. The molecule has 0 saturated heterocycles. The highest BCUT2D eigenvalue weighted by molar-refractivity contribution is 6.31. The van der Waals surface area contributed by atoms with Crippen LogP contribution >= 0.6 is 11.6 Å². The smallest absolute Gasteiger partial charge is 0.0437 e. The molecule has 1 rings (SSSR count). The van der Waals surface area contributed by atoms with Crippen LogP contribution < -0.4 is 5.32 Å². The van der Waals surface area contributed by atoms with Crippen molar-refractivity contribution in [1.82, 2.24) is 5.32 Å². The fourth-order valence-electron chi connectivity index (χ4n) is 1.44. The molecule has 2 heteroatoms. The van der Waals surface area contributed by atoms with Crippen molar-refractivity contribution in [3.05, 3.63) is 34.9 Å². The highest BCUT2D eigenvalue weighted by Crippen LogP contribution is 2.17. The van der Waals surface area contributed by atoms with Crippen LogP contribution in [0.25, 0.3) is 0 Å². The first-order valence-electron chi connectivity index (χ1n) is 5.14. The van der Waals surface area contributed by atoms with Gasteiger partial charge in [-0.15, -0.1) is 0 Å². The Bertz CT molecular complexity index is 273. The van der Waals surface area contributed by atoms with E-state index in [1.165, 1.54) is 18.4 Å². The first-order valence-corrected chi connectivity index (χ1v) is 5.52. The van der Waals surface area contributed by atoms with Gasteiger partial charge in [0, 0.05) is 11.1 Å². The molecular weight excluding hydrogens is 194 g/mol. The normalized spacial score (nSPS) is 12.8. The van der Waals surface area contributed by atoms with Crippen molar-refractivity contribution in [3.8, 4) is 0 Å². The largest absolute Gasteiger partial charge is 0.317 e. The number of hydrogen-bond acceptors (Lipinski definition) is 1. The first kappa shape index (κ1) is 11.5. The van der Waals surface area contributed by atoms with Crippen molar-refractivity contribution >= 4 is 11.6 Å². The fraction of sp³-hybridized carbons (Fsp3) is 0.500. The summed E-state index contributed by atoms with van der Waals surface area (Å²) in [6.45, 7) is 2.20. The zero-order valence-corrected chi connectivity index (χ0v) is 9.64. The summed E-state index contributed by atoms with van der Waals surface area (Å²) in [6, 6.07) is 8.67. The molecule has 1 unspecified atom stereocenters. The number of rotatable bonds is 5. The van der Waals surface area contributed by atoms with E-state index in [-0.39, 0.29) is 0 Å². The Kier molecular flexibility index (Phi) is 4.99. The van der Waals surface area contributed by atoms with E-state index in [4.69, 9.17) is 11.6 Å². The summed E-state index contributed by atoms with van der Waals surface area (Å²) in [5, 5.41) is 4.13. The van der Waals surface area contributed by atoms with Crippen LogP contribution in [0.5, 0.6) is 0 Å². The second-order valence-corrected chi connectivity index (χ2v) is 4.08. The molecule has 1 aromatic rings. The van der Waals surface area contributed by atoms with E-state index in [0.29, 0.717) is 6.04 Å². The average molecular weight is 212 g/mol. The van der Waals surface area contributed by atoms with E-state index in [9.17, 15) is 0 Å². The third kappa shape index (κ3) is 3.69. The van der Waals surface area contributed by atoms with Crippen molar-refractivity contribution in [1.29, 1.82) is 0 Å². The van der Waals surface area contributed by atoms with Crippen molar-refractivity contribution in [3.63, 3.8) is 0 Å². The molecule has 0 saturated carbocycles. The maximum absolute atomic E-state index is 6.06. The second-order valence-electron chi connectivity index (χ2n) is 3.67. The quantitative estimate of drug-likeness (QED) is 0.789. The Morgan fingerprint density at radius 1 is 1.36 bits per heavy atom. The zero-order valence-electron chi connectivity index (χ0n) is 8.89. The van der Waals surface area contributed by atoms with Crippen molar-refractivity contribution in [2.45, 2.75) is 32.2 Å². The van der Waals surface area contributed by atoms with Gasteiger partial charge in [-0.3, -0.25) is 0 Å². The minimum Gasteiger partial charge on any atom is -0.317 e. The minimum absolute atomic E-state index is 0.595. The summed E-state index contributed by atoms with van der Waals surface area (Å²) >= 11 is 6.06. The van der Waals surface area contributed by atoms with Gasteiger partial charge in [-0.25, -0.2) is 0 Å². The molecule has 1 nitrogen and oxygen atoms in total. The third-order valence-corrected chi connectivity index (χ3v) is 2.90. The molecule has 78 valence electrons. The number of benzene rings is 1. The summed E-state index contributed by atoms with van der Waals surface area (Å²) in [7, 11) is 2.00. The van der Waals surface area contributed by atoms with Gasteiger partial charge in [-0.05, 0) is 44.9 Å². The molecular formula is C12H18ClN. The van der Waals surface area contributed by atoms with Crippen LogP contribution in [0.3, 0.4) is 0 Å². The molecule has 1 atom stereocenters. The van der Waals surface area contributed by atoms with Gasteiger partial charge in [-0.2, -0.15) is 0 Å². The minimum atomic E-state index is 0.595. The zero-order chi connectivity index (χ0) is 10.4. The Morgan fingerprint density at radius 3 is 2.71 bits per heavy atom. The molecule has 1 aromatic carbocycles. The molecule has 0 bridgehead atoms. The summed E-state index contributed by atoms with van der Waals surface area (Å²) in [5.74, 6) is 0.